The number of hydrogen-bond donors (Lipinski definition) is 0. The van der Waals surface area contributed by atoms with E-state index < -0.39 is 4.92 Å². The van der Waals surface area contributed by atoms with Gasteiger partial charge < -0.3 is 4.74 Å². The van der Waals surface area contributed by atoms with Crippen LogP contribution in [0, 0.1) is 35.3 Å². The molecule has 0 spiro atoms. The number of benzene rings is 2. The van der Waals surface area contributed by atoms with Gasteiger partial charge in [-0.05, 0) is 37.1 Å². The van der Waals surface area contributed by atoms with E-state index in [1.165, 1.54) is 6.07 Å². The Morgan fingerprint density at radius 1 is 1.25 bits per heavy atom. The van der Waals surface area contributed by atoms with Crippen LogP contribution in [-0.2, 0) is 0 Å². The molecule has 5 heteroatoms. The van der Waals surface area contributed by atoms with Crippen molar-refractivity contribution in [1.82, 2.24) is 0 Å². The largest absolute Gasteiger partial charge is 0.448 e. The molecule has 0 bridgehead atoms. The van der Waals surface area contributed by atoms with E-state index >= 15 is 0 Å². The SMILES string of the molecule is Cc1ccc(C#N)c(Oc2c(C)cccc2[N+](=O)[O-])c1. The molecule has 0 saturated heterocycles. The van der Waals surface area contributed by atoms with Crippen LogP contribution in [0.4, 0.5) is 5.69 Å². The summed E-state index contributed by atoms with van der Waals surface area (Å²) in [6.07, 6.45) is 0. The van der Waals surface area contributed by atoms with Crippen molar-refractivity contribution in [3.05, 3.63) is 63.2 Å². The maximum absolute atomic E-state index is 11.0. The summed E-state index contributed by atoms with van der Waals surface area (Å²) in [5, 5.41) is 20.1. The minimum atomic E-state index is -0.496. The predicted octanol–water partition coefficient (Wildman–Crippen LogP) is 3.88. The van der Waals surface area contributed by atoms with Gasteiger partial charge in [0.1, 0.15) is 11.8 Å². The van der Waals surface area contributed by atoms with Crippen LogP contribution in [0.1, 0.15) is 16.7 Å². The summed E-state index contributed by atoms with van der Waals surface area (Å²) in [5.74, 6) is 0.490. The van der Waals surface area contributed by atoms with Crippen LogP contribution in [0.2, 0.25) is 0 Å². The number of ether oxygens (including phenoxy) is 1. The molecule has 5 nitrogen and oxygen atoms in total. The van der Waals surface area contributed by atoms with Crippen LogP contribution < -0.4 is 4.74 Å². The molecule has 0 aromatic heterocycles. The smallest absolute Gasteiger partial charge is 0.311 e. The van der Waals surface area contributed by atoms with Crippen molar-refractivity contribution in [3.8, 4) is 17.6 Å². The summed E-state index contributed by atoms with van der Waals surface area (Å²) in [4.78, 5) is 10.6. The van der Waals surface area contributed by atoms with Crippen molar-refractivity contribution in [2.45, 2.75) is 13.8 Å². The average molecular weight is 268 g/mol. The molecular weight excluding hydrogens is 256 g/mol. The Bertz CT molecular complexity index is 718. The maximum Gasteiger partial charge on any atom is 0.311 e. The summed E-state index contributed by atoms with van der Waals surface area (Å²) >= 11 is 0. The van der Waals surface area contributed by atoms with Crippen molar-refractivity contribution in [2.75, 3.05) is 0 Å². The number of nitriles is 1. The van der Waals surface area contributed by atoms with Crippen molar-refractivity contribution in [2.24, 2.45) is 0 Å². The summed E-state index contributed by atoms with van der Waals surface area (Å²) in [6, 6.07) is 11.8. The molecule has 0 amide bonds. The topological polar surface area (TPSA) is 76.2 Å². The van der Waals surface area contributed by atoms with Gasteiger partial charge in [0, 0.05) is 6.07 Å². The molecule has 100 valence electrons. The maximum atomic E-state index is 11.0. The van der Waals surface area contributed by atoms with Crippen molar-refractivity contribution < 1.29 is 9.66 Å². The molecule has 2 aromatic rings. The Hall–Kier alpha value is -2.87. The van der Waals surface area contributed by atoms with Gasteiger partial charge in [0.2, 0.25) is 5.75 Å². The average Bonchev–Trinajstić information content (AvgIpc) is 2.41. The van der Waals surface area contributed by atoms with Crippen LogP contribution in [-0.4, -0.2) is 4.92 Å². The first-order chi connectivity index (χ1) is 9.52. The first-order valence-corrected chi connectivity index (χ1v) is 5.95. The fourth-order valence-electron chi connectivity index (χ4n) is 1.83. The second kappa shape index (κ2) is 5.41. The van der Waals surface area contributed by atoms with Gasteiger partial charge in [-0.1, -0.05) is 18.2 Å². The highest BCUT2D eigenvalue weighted by Crippen LogP contribution is 2.35. The number of nitro groups is 1. The third-order valence-electron chi connectivity index (χ3n) is 2.86. The normalized spacial score (nSPS) is 9.85. The lowest BCUT2D eigenvalue weighted by Crippen LogP contribution is -1.97. The zero-order chi connectivity index (χ0) is 14.7. The lowest BCUT2D eigenvalue weighted by molar-refractivity contribution is -0.385. The van der Waals surface area contributed by atoms with Crippen LogP contribution in [0.25, 0.3) is 0 Å². The van der Waals surface area contributed by atoms with Crippen molar-refractivity contribution in [1.29, 1.82) is 5.26 Å². The minimum absolute atomic E-state index is 0.115. The summed E-state index contributed by atoms with van der Waals surface area (Å²) < 4.78 is 5.64. The number of nitro benzene ring substituents is 1. The lowest BCUT2D eigenvalue weighted by atomic mass is 10.1. The van der Waals surface area contributed by atoms with Gasteiger partial charge in [0.15, 0.2) is 0 Å². The molecular formula is C15H12N2O3. The molecule has 0 radical (unpaired) electrons. The first-order valence-electron chi connectivity index (χ1n) is 5.95. The molecule has 0 aliphatic heterocycles. The molecule has 0 atom stereocenters. The third-order valence-corrected chi connectivity index (χ3v) is 2.86. The van der Waals surface area contributed by atoms with E-state index in [4.69, 9.17) is 10.00 Å². The van der Waals surface area contributed by atoms with Crippen molar-refractivity contribution in [3.63, 3.8) is 0 Å². The predicted molar refractivity (Wildman–Crippen MR) is 73.8 cm³/mol. The molecule has 2 rings (SSSR count). The van der Waals surface area contributed by atoms with Gasteiger partial charge in [-0.15, -0.1) is 0 Å². The van der Waals surface area contributed by atoms with Crippen molar-refractivity contribution >= 4 is 5.69 Å². The van der Waals surface area contributed by atoms with Crippen LogP contribution in [0.15, 0.2) is 36.4 Å². The van der Waals surface area contributed by atoms with Gasteiger partial charge in [-0.25, -0.2) is 0 Å². The number of nitrogens with zero attached hydrogens (tertiary/aromatic N) is 2. The fraction of sp³-hybridized carbons (Fsp3) is 0.133. The van der Waals surface area contributed by atoms with E-state index in [0.717, 1.165) is 5.56 Å². The molecule has 0 aliphatic carbocycles. The quantitative estimate of drug-likeness (QED) is 0.625. The zero-order valence-corrected chi connectivity index (χ0v) is 11.1. The zero-order valence-electron chi connectivity index (χ0n) is 11.1. The Balaban J connectivity index is 2.53. The number of rotatable bonds is 3. The van der Waals surface area contributed by atoms with Gasteiger partial charge in [0.05, 0.1) is 10.5 Å². The van der Waals surface area contributed by atoms with E-state index in [2.05, 4.69) is 0 Å². The Morgan fingerprint density at radius 3 is 2.65 bits per heavy atom. The first kappa shape index (κ1) is 13.6. The third kappa shape index (κ3) is 2.59. The summed E-state index contributed by atoms with van der Waals surface area (Å²) in [5.41, 5.74) is 1.78. The van der Waals surface area contributed by atoms with Crippen LogP contribution in [0.3, 0.4) is 0 Å². The molecule has 0 N–H and O–H groups in total. The van der Waals surface area contributed by atoms with Gasteiger partial charge in [-0.2, -0.15) is 5.26 Å². The summed E-state index contributed by atoms with van der Waals surface area (Å²) in [7, 11) is 0. The standard InChI is InChI=1S/C15H12N2O3/c1-10-6-7-12(9-16)14(8-10)20-15-11(2)4-3-5-13(15)17(18)19/h3-8H,1-2H3. The molecule has 0 saturated carbocycles. The fourth-order valence-corrected chi connectivity index (χ4v) is 1.83. The molecule has 2 aromatic carbocycles. The molecule has 0 heterocycles. The van der Waals surface area contributed by atoms with Gasteiger partial charge >= 0.3 is 5.69 Å². The number of para-hydroxylation sites is 1. The summed E-state index contributed by atoms with van der Waals surface area (Å²) in [6.45, 7) is 3.59. The van der Waals surface area contributed by atoms with Crippen LogP contribution in [0.5, 0.6) is 11.5 Å². The molecule has 0 unspecified atom stereocenters. The number of aryl methyl sites for hydroxylation is 2. The Labute approximate surface area is 116 Å². The molecule has 20 heavy (non-hydrogen) atoms. The van der Waals surface area contributed by atoms with Gasteiger partial charge in [-0.3, -0.25) is 10.1 Å². The van der Waals surface area contributed by atoms with E-state index in [0.29, 0.717) is 16.9 Å². The second-order valence-corrected chi connectivity index (χ2v) is 4.39. The highest BCUT2D eigenvalue weighted by atomic mass is 16.6. The highest BCUT2D eigenvalue weighted by Gasteiger charge is 2.19. The van der Waals surface area contributed by atoms with E-state index in [-0.39, 0.29) is 11.4 Å². The molecule has 0 aliphatic rings. The van der Waals surface area contributed by atoms with E-state index in [1.807, 2.05) is 13.0 Å². The van der Waals surface area contributed by atoms with E-state index in [1.54, 1.807) is 37.3 Å². The number of hydrogen-bond acceptors (Lipinski definition) is 4. The second-order valence-electron chi connectivity index (χ2n) is 4.39. The van der Waals surface area contributed by atoms with Crippen LogP contribution >= 0.6 is 0 Å². The molecule has 0 fully saturated rings. The lowest BCUT2D eigenvalue weighted by Gasteiger charge is -2.10. The minimum Gasteiger partial charge on any atom is -0.448 e. The Morgan fingerprint density at radius 2 is 2.00 bits per heavy atom. The van der Waals surface area contributed by atoms with Gasteiger partial charge in [0.25, 0.3) is 0 Å². The highest BCUT2D eigenvalue weighted by molar-refractivity contribution is 5.55. The Kier molecular flexibility index (Phi) is 3.67. The monoisotopic (exact) mass is 268 g/mol. The van der Waals surface area contributed by atoms with E-state index in [9.17, 15) is 10.1 Å².